The van der Waals surface area contributed by atoms with Crippen molar-refractivity contribution in [2.24, 2.45) is 0 Å². The van der Waals surface area contributed by atoms with Gasteiger partial charge in [0.05, 0.1) is 5.75 Å². The van der Waals surface area contributed by atoms with Gasteiger partial charge in [-0.3, -0.25) is 9.69 Å². The fraction of sp³-hybridized carbons (Fsp3) is 0.381. The lowest BCUT2D eigenvalue weighted by Crippen LogP contribution is -2.48. The number of halogens is 2. The first-order valence-electron chi connectivity index (χ1n) is 9.42. The molecular weight excluding hydrogens is 397 g/mol. The maximum absolute atomic E-state index is 13.0. The van der Waals surface area contributed by atoms with E-state index in [1.54, 1.807) is 11.8 Å². The molecule has 2 aromatic carbocycles. The number of thioether (sulfide) groups is 1. The Balaban J connectivity index is 1.27. The van der Waals surface area contributed by atoms with Crippen molar-refractivity contribution in [1.29, 1.82) is 0 Å². The minimum Gasteiger partial charge on any atom is -0.369 e. The summed E-state index contributed by atoms with van der Waals surface area (Å²) >= 11 is 7.47. The highest BCUT2D eigenvalue weighted by Crippen LogP contribution is 2.17. The minimum atomic E-state index is -0.204. The molecule has 2 aromatic rings. The molecule has 0 aliphatic carbocycles. The fourth-order valence-corrected chi connectivity index (χ4v) is 4.07. The van der Waals surface area contributed by atoms with Crippen molar-refractivity contribution in [3.05, 3.63) is 64.9 Å². The van der Waals surface area contributed by atoms with Gasteiger partial charge in [-0.1, -0.05) is 23.7 Å². The number of anilines is 1. The fourth-order valence-electron chi connectivity index (χ4n) is 3.13. The van der Waals surface area contributed by atoms with Crippen LogP contribution in [0.2, 0.25) is 5.02 Å². The highest BCUT2D eigenvalue weighted by Gasteiger charge is 2.17. The lowest BCUT2D eigenvalue weighted by atomic mass is 10.2. The van der Waals surface area contributed by atoms with Crippen LogP contribution in [0.15, 0.2) is 48.5 Å². The van der Waals surface area contributed by atoms with Crippen LogP contribution >= 0.6 is 23.4 Å². The van der Waals surface area contributed by atoms with Gasteiger partial charge in [-0.25, -0.2) is 4.39 Å². The second-order valence-electron chi connectivity index (χ2n) is 6.77. The number of nitrogens with zero attached hydrogens (tertiary/aromatic N) is 2. The molecule has 0 radical (unpaired) electrons. The van der Waals surface area contributed by atoms with Crippen LogP contribution in [0, 0.1) is 5.82 Å². The van der Waals surface area contributed by atoms with E-state index in [-0.39, 0.29) is 11.7 Å². The van der Waals surface area contributed by atoms with Crippen LogP contribution < -0.4 is 10.2 Å². The summed E-state index contributed by atoms with van der Waals surface area (Å²) in [5.74, 6) is 1.13. The molecule has 1 amide bonds. The zero-order valence-electron chi connectivity index (χ0n) is 15.7. The van der Waals surface area contributed by atoms with E-state index in [1.165, 1.54) is 17.7 Å². The first-order valence-corrected chi connectivity index (χ1v) is 11.0. The zero-order valence-corrected chi connectivity index (χ0v) is 17.3. The third kappa shape index (κ3) is 6.69. The van der Waals surface area contributed by atoms with E-state index in [0.717, 1.165) is 49.2 Å². The number of nitrogens with one attached hydrogen (secondary N) is 1. The molecule has 0 unspecified atom stereocenters. The molecule has 0 atom stereocenters. The lowest BCUT2D eigenvalue weighted by Gasteiger charge is -2.36. The first-order chi connectivity index (χ1) is 13.6. The summed E-state index contributed by atoms with van der Waals surface area (Å²) in [4.78, 5) is 16.6. The summed E-state index contributed by atoms with van der Waals surface area (Å²) < 4.78 is 13.0. The van der Waals surface area contributed by atoms with E-state index < -0.39 is 0 Å². The second-order valence-corrected chi connectivity index (χ2v) is 8.20. The third-order valence-electron chi connectivity index (χ3n) is 4.73. The van der Waals surface area contributed by atoms with Crippen LogP contribution in [0.25, 0.3) is 0 Å². The van der Waals surface area contributed by atoms with Crippen LogP contribution in [0.3, 0.4) is 0 Å². The Labute approximate surface area is 175 Å². The lowest BCUT2D eigenvalue weighted by molar-refractivity contribution is -0.118. The maximum Gasteiger partial charge on any atom is 0.230 e. The molecule has 1 aliphatic rings. The summed E-state index contributed by atoms with van der Waals surface area (Å²) in [6.45, 7) is 5.23. The van der Waals surface area contributed by atoms with Crippen LogP contribution in [0.5, 0.6) is 0 Å². The molecule has 4 nitrogen and oxygen atoms in total. The Bertz CT molecular complexity index is 749. The van der Waals surface area contributed by atoms with Crippen molar-refractivity contribution in [3.63, 3.8) is 0 Å². The topological polar surface area (TPSA) is 35.6 Å². The minimum absolute atomic E-state index is 0.0731. The van der Waals surface area contributed by atoms with Gasteiger partial charge in [0.15, 0.2) is 0 Å². The number of carbonyl (C=O) groups excluding carboxylic acids is 1. The van der Waals surface area contributed by atoms with E-state index in [4.69, 9.17) is 11.6 Å². The second kappa shape index (κ2) is 10.7. The number of carbonyl (C=O) groups is 1. The Kier molecular flexibility index (Phi) is 8.01. The molecule has 1 aliphatic heterocycles. The van der Waals surface area contributed by atoms with Gasteiger partial charge in [-0.05, 0) is 42.0 Å². The van der Waals surface area contributed by atoms with Gasteiger partial charge in [0.1, 0.15) is 5.82 Å². The normalized spacial score (nSPS) is 14.9. The van der Waals surface area contributed by atoms with Gasteiger partial charge in [-0.15, -0.1) is 11.8 Å². The number of benzene rings is 2. The molecule has 0 bridgehead atoms. The molecule has 7 heteroatoms. The van der Waals surface area contributed by atoms with Crippen molar-refractivity contribution in [2.45, 2.75) is 5.75 Å². The monoisotopic (exact) mass is 421 g/mol. The van der Waals surface area contributed by atoms with Crippen LogP contribution in [0.4, 0.5) is 10.1 Å². The Morgan fingerprint density at radius 1 is 1.04 bits per heavy atom. The van der Waals surface area contributed by atoms with Crippen LogP contribution in [-0.2, 0) is 10.5 Å². The highest BCUT2D eigenvalue weighted by molar-refractivity contribution is 7.99. The smallest absolute Gasteiger partial charge is 0.230 e. The molecule has 0 spiro atoms. The molecule has 1 saturated heterocycles. The van der Waals surface area contributed by atoms with E-state index in [2.05, 4.69) is 15.1 Å². The molecular formula is C21H25ClFN3OS. The van der Waals surface area contributed by atoms with Crippen molar-refractivity contribution in [1.82, 2.24) is 10.2 Å². The van der Waals surface area contributed by atoms with Gasteiger partial charge >= 0.3 is 0 Å². The summed E-state index contributed by atoms with van der Waals surface area (Å²) in [5, 5.41) is 3.72. The molecule has 0 saturated carbocycles. The SMILES string of the molecule is O=C(CSCc1ccc(Cl)cc1)NCCN1CCN(c2ccc(F)cc2)CC1. The quantitative estimate of drug-likeness (QED) is 0.705. The van der Waals surface area contributed by atoms with E-state index in [1.807, 2.05) is 36.4 Å². The first kappa shape index (κ1) is 21.0. The molecule has 28 heavy (non-hydrogen) atoms. The van der Waals surface area contributed by atoms with E-state index in [9.17, 15) is 9.18 Å². The van der Waals surface area contributed by atoms with Crippen LogP contribution in [0.1, 0.15) is 5.56 Å². The van der Waals surface area contributed by atoms with Crippen LogP contribution in [-0.4, -0.2) is 55.8 Å². The third-order valence-corrected chi connectivity index (χ3v) is 5.99. The average Bonchev–Trinajstić information content (AvgIpc) is 2.71. The molecule has 150 valence electrons. The molecule has 1 fully saturated rings. The van der Waals surface area contributed by atoms with Gasteiger partial charge in [0.2, 0.25) is 5.91 Å². The number of piperazine rings is 1. The summed E-state index contributed by atoms with van der Waals surface area (Å²) in [7, 11) is 0. The predicted octanol–water partition coefficient (Wildman–Crippen LogP) is 3.65. The van der Waals surface area contributed by atoms with Gasteiger partial charge < -0.3 is 10.2 Å². The standard InChI is InChI=1S/C21H25ClFN3OS/c22-18-3-1-17(2-4-18)15-28-16-21(27)24-9-10-25-11-13-26(14-12-25)20-7-5-19(23)6-8-20/h1-8H,9-16H2,(H,24,27). The van der Waals surface area contributed by atoms with Gasteiger partial charge in [0.25, 0.3) is 0 Å². The Morgan fingerprint density at radius 3 is 2.39 bits per heavy atom. The average molecular weight is 422 g/mol. The zero-order chi connectivity index (χ0) is 19.8. The molecule has 1 N–H and O–H groups in total. The summed E-state index contributed by atoms with van der Waals surface area (Å²) in [6, 6.07) is 14.4. The van der Waals surface area contributed by atoms with Crippen molar-refractivity contribution in [2.75, 3.05) is 49.9 Å². The Hall–Kier alpha value is -1.76. The van der Waals surface area contributed by atoms with E-state index >= 15 is 0 Å². The number of hydrogen-bond donors (Lipinski definition) is 1. The predicted molar refractivity (Wildman–Crippen MR) is 116 cm³/mol. The van der Waals surface area contributed by atoms with E-state index in [0.29, 0.717) is 12.3 Å². The van der Waals surface area contributed by atoms with Crippen molar-refractivity contribution < 1.29 is 9.18 Å². The number of amides is 1. The van der Waals surface area contributed by atoms with Crippen molar-refractivity contribution >= 4 is 35.0 Å². The Morgan fingerprint density at radius 2 is 1.71 bits per heavy atom. The number of rotatable bonds is 8. The molecule has 3 rings (SSSR count). The van der Waals surface area contributed by atoms with Gasteiger partial charge in [-0.2, -0.15) is 0 Å². The molecule has 0 aromatic heterocycles. The summed E-state index contributed by atoms with van der Waals surface area (Å²) in [6.07, 6.45) is 0. The van der Waals surface area contributed by atoms with Gasteiger partial charge in [0, 0.05) is 55.7 Å². The maximum atomic E-state index is 13.0. The largest absolute Gasteiger partial charge is 0.369 e. The molecule has 1 heterocycles. The summed E-state index contributed by atoms with van der Waals surface area (Å²) in [5.41, 5.74) is 2.23. The van der Waals surface area contributed by atoms with Crippen molar-refractivity contribution in [3.8, 4) is 0 Å². The number of hydrogen-bond acceptors (Lipinski definition) is 4. The highest BCUT2D eigenvalue weighted by atomic mass is 35.5.